The number of nitrogens with one attached hydrogen (secondary N) is 1. The summed E-state index contributed by atoms with van der Waals surface area (Å²) in [6.07, 6.45) is 6.71. The van der Waals surface area contributed by atoms with Gasteiger partial charge in [0.2, 0.25) is 0 Å². The molecule has 0 spiro atoms. The van der Waals surface area contributed by atoms with Gasteiger partial charge in [-0.2, -0.15) is 0 Å². The fourth-order valence-corrected chi connectivity index (χ4v) is 3.51. The zero-order valence-corrected chi connectivity index (χ0v) is 12.1. The minimum absolute atomic E-state index is 0.394. The van der Waals surface area contributed by atoms with Crippen LogP contribution >= 0.6 is 0 Å². The Morgan fingerprint density at radius 3 is 2.81 bits per heavy atom. The Morgan fingerprint density at radius 1 is 1.10 bits per heavy atom. The number of piperidine rings is 1. The number of fused-ring (bicyclic) bond motifs is 1. The lowest BCUT2D eigenvalue weighted by Crippen LogP contribution is -2.46. The van der Waals surface area contributed by atoms with Crippen molar-refractivity contribution in [3.05, 3.63) is 12.7 Å². The van der Waals surface area contributed by atoms with Crippen LogP contribution in [0.4, 0.5) is 5.82 Å². The molecule has 4 rings (SSSR count). The fourth-order valence-electron chi connectivity index (χ4n) is 3.51. The second kappa shape index (κ2) is 5.23. The fraction of sp³-hybridized carbons (Fsp3) is 0.643. The van der Waals surface area contributed by atoms with E-state index in [4.69, 9.17) is 5.73 Å². The van der Waals surface area contributed by atoms with Gasteiger partial charge in [-0.25, -0.2) is 15.0 Å². The molecule has 2 aromatic rings. The highest BCUT2D eigenvalue weighted by Crippen LogP contribution is 2.26. The van der Waals surface area contributed by atoms with Crippen LogP contribution < -0.4 is 10.6 Å². The Balaban J connectivity index is 1.50. The van der Waals surface area contributed by atoms with Gasteiger partial charge in [-0.3, -0.25) is 4.90 Å². The molecule has 3 N–H and O–H groups in total. The van der Waals surface area contributed by atoms with Crippen molar-refractivity contribution in [2.24, 2.45) is 5.73 Å². The van der Waals surface area contributed by atoms with Crippen molar-refractivity contribution in [2.45, 2.75) is 31.3 Å². The lowest BCUT2D eigenvalue weighted by molar-refractivity contribution is 0.163. The first kappa shape index (κ1) is 13.0. The third-order valence-electron chi connectivity index (χ3n) is 4.76. The Bertz CT molecular complexity index is 617. The topological polar surface area (TPSA) is 87.0 Å². The van der Waals surface area contributed by atoms with E-state index in [1.165, 1.54) is 6.42 Å². The lowest BCUT2D eigenvalue weighted by atomic mass is 10.0. The zero-order valence-electron chi connectivity index (χ0n) is 12.1. The first-order valence-electron chi connectivity index (χ1n) is 7.70. The van der Waals surface area contributed by atoms with E-state index in [-0.39, 0.29) is 0 Å². The third-order valence-corrected chi connectivity index (χ3v) is 4.76. The van der Waals surface area contributed by atoms with Crippen LogP contribution in [0.25, 0.3) is 11.2 Å². The van der Waals surface area contributed by atoms with Gasteiger partial charge in [0.15, 0.2) is 11.5 Å². The van der Waals surface area contributed by atoms with Crippen molar-refractivity contribution in [1.82, 2.24) is 24.8 Å². The molecule has 2 aliphatic heterocycles. The van der Waals surface area contributed by atoms with Crippen molar-refractivity contribution >= 4 is 17.0 Å². The van der Waals surface area contributed by atoms with E-state index in [9.17, 15) is 0 Å². The highest BCUT2D eigenvalue weighted by molar-refractivity contribution is 5.82. The first-order chi connectivity index (χ1) is 10.3. The van der Waals surface area contributed by atoms with E-state index >= 15 is 0 Å². The summed E-state index contributed by atoms with van der Waals surface area (Å²) >= 11 is 0. The molecule has 1 atom stereocenters. The van der Waals surface area contributed by atoms with Crippen molar-refractivity contribution in [1.29, 1.82) is 0 Å². The summed E-state index contributed by atoms with van der Waals surface area (Å²) < 4.78 is 0. The molecule has 0 saturated carbocycles. The summed E-state index contributed by atoms with van der Waals surface area (Å²) in [5.41, 5.74) is 7.69. The van der Waals surface area contributed by atoms with E-state index in [0.29, 0.717) is 12.1 Å². The van der Waals surface area contributed by atoms with Crippen molar-refractivity contribution < 1.29 is 0 Å². The van der Waals surface area contributed by atoms with Gasteiger partial charge in [0.1, 0.15) is 11.8 Å². The van der Waals surface area contributed by atoms with Crippen LogP contribution in [-0.2, 0) is 0 Å². The molecule has 2 aromatic heterocycles. The molecular weight excluding hydrogens is 266 g/mol. The normalized spacial score (nSPS) is 25.0. The molecule has 7 heteroatoms. The molecular formula is C14H21N7. The van der Waals surface area contributed by atoms with Gasteiger partial charge >= 0.3 is 0 Å². The summed E-state index contributed by atoms with van der Waals surface area (Å²) in [6, 6.07) is 1.01. The summed E-state index contributed by atoms with van der Waals surface area (Å²) in [5, 5.41) is 0. The monoisotopic (exact) mass is 287 g/mol. The predicted molar refractivity (Wildman–Crippen MR) is 81.1 cm³/mol. The predicted octanol–water partition coefficient (Wildman–Crippen LogP) is 0.355. The quantitative estimate of drug-likeness (QED) is 0.829. The number of nitrogens with zero attached hydrogens (tertiary/aromatic N) is 5. The van der Waals surface area contributed by atoms with E-state index in [2.05, 4.69) is 29.7 Å². The molecule has 7 nitrogen and oxygen atoms in total. The maximum atomic E-state index is 6.00. The summed E-state index contributed by atoms with van der Waals surface area (Å²) in [6.45, 7) is 4.32. The highest BCUT2D eigenvalue weighted by atomic mass is 15.3. The number of imidazole rings is 1. The van der Waals surface area contributed by atoms with Crippen LogP contribution in [0.5, 0.6) is 0 Å². The van der Waals surface area contributed by atoms with Gasteiger partial charge in [0.05, 0.1) is 6.33 Å². The van der Waals surface area contributed by atoms with Gasteiger partial charge in [-0.15, -0.1) is 0 Å². The third kappa shape index (κ3) is 2.36. The number of hydrogen-bond acceptors (Lipinski definition) is 6. The number of rotatable bonds is 2. The largest absolute Gasteiger partial charge is 0.353 e. The minimum Gasteiger partial charge on any atom is -0.353 e. The molecule has 0 aromatic carbocycles. The van der Waals surface area contributed by atoms with Gasteiger partial charge in [-0.1, -0.05) is 0 Å². The smallest absolute Gasteiger partial charge is 0.182 e. The lowest BCUT2D eigenvalue weighted by Gasteiger charge is -2.34. The molecule has 2 saturated heterocycles. The number of aromatic nitrogens is 4. The number of likely N-dealkylation sites (tertiary alicyclic amines) is 1. The van der Waals surface area contributed by atoms with Crippen LogP contribution in [0.1, 0.15) is 19.3 Å². The van der Waals surface area contributed by atoms with Crippen LogP contribution in [0.3, 0.4) is 0 Å². The van der Waals surface area contributed by atoms with Crippen LogP contribution in [0, 0.1) is 0 Å². The van der Waals surface area contributed by atoms with E-state index < -0.39 is 0 Å². The molecule has 21 heavy (non-hydrogen) atoms. The highest BCUT2D eigenvalue weighted by Gasteiger charge is 2.31. The van der Waals surface area contributed by atoms with Crippen molar-refractivity contribution in [3.63, 3.8) is 0 Å². The number of hydrogen-bond donors (Lipinski definition) is 2. The zero-order chi connectivity index (χ0) is 14.2. The van der Waals surface area contributed by atoms with Crippen molar-refractivity contribution in [3.8, 4) is 0 Å². The maximum Gasteiger partial charge on any atom is 0.182 e. The molecule has 0 radical (unpaired) electrons. The standard InChI is InChI=1S/C14H21N7/c15-10-1-4-20(5-2-10)11-3-6-21(7-11)14-12-13(17-8-16-12)18-9-19-14/h8-11H,1-7,15H2,(H,16,17,18,19). The van der Waals surface area contributed by atoms with Gasteiger partial charge in [0, 0.05) is 25.2 Å². The van der Waals surface area contributed by atoms with E-state index in [0.717, 1.165) is 56.0 Å². The Kier molecular flexibility index (Phi) is 3.23. The number of nitrogens with two attached hydrogens (primary N) is 1. The molecule has 0 bridgehead atoms. The molecule has 0 aliphatic carbocycles. The second-order valence-corrected chi connectivity index (χ2v) is 6.06. The Hall–Kier alpha value is -1.73. The summed E-state index contributed by atoms with van der Waals surface area (Å²) in [4.78, 5) is 21.0. The molecule has 0 amide bonds. The van der Waals surface area contributed by atoms with Crippen molar-refractivity contribution in [2.75, 3.05) is 31.1 Å². The van der Waals surface area contributed by atoms with E-state index in [1.54, 1.807) is 12.7 Å². The molecule has 4 heterocycles. The van der Waals surface area contributed by atoms with Gasteiger partial charge in [-0.05, 0) is 32.4 Å². The van der Waals surface area contributed by atoms with Gasteiger partial charge in [0.25, 0.3) is 0 Å². The van der Waals surface area contributed by atoms with Crippen LogP contribution in [0.2, 0.25) is 0 Å². The second-order valence-electron chi connectivity index (χ2n) is 6.06. The molecule has 2 fully saturated rings. The van der Waals surface area contributed by atoms with Crippen LogP contribution in [-0.4, -0.2) is 63.1 Å². The number of H-pyrrole nitrogens is 1. The average Bonchev–Trinajstić information content (AvgIpc) is 3.16. The maximum absolute atomic E-state index is 6.00. The summed E-state index contributed by atoms with van der Waals surface area (Å²) in [7, 11) is 0. The SMILES string of the molecule is NC1CCN(C2CCN(c3ncnc4nc[nH]c34)C2)CC1. The van der Waals surface area contributed by atoms with Crippen LogP contribution in [0.15, 0.2) is 12.7 Å². The first-order valence-corrected chi connectivity index (χ1v) is 7.70. The molecule has 1 unspecified atom stereocenters. The number of aromatic amines is 1. The summed E-state index contributed by atoms with van der Waals surface area (Å²) in [5.74, 6) is 0.980. The molecule has 2 aliphatic rings. The Morgan fingerprint density at radius 2 is 1.95 bits per heavy atom. The average molecular weight is 287 g/mol. The minimum atomic E-state index is 0.394. The van der Waals surface area contributed by atoms with E-state index in [1.807, 2.05) is 0 Å². The number of anilines is 1. The molecule has 112 valence electrons. The van der Waals surface area contributed by atoms with Gasteiger partial charge < -0.3 is 15.6 Å². The Labute approximate surface area is 123 Å².